The molecule has 0 aliphatic carbocycles. The van der Waals surface area contributed by atoms with Crippen LogP contribution >= 0.6 is 23.5 Å². The first kappa shape index (κ1) is 8.28. The monoisotopic (exact) mass is 172 g/mol. The van der Waals surface area contributed by atoms with Crippen molar-refractivity contribution in [1.29, 1.82) is 0 Å². The summed E-state index contributed by atoms with van der Waals surface area (Å²) < 4.78 is 0. The molecule has 1 heterocycles. The van der Waals surface area contributed by atoms with Crippen molar-refractivity contribution in [2.24, 2.45) is 0 Å². The van der Waals surface area contributed by atoms with Gasteiger partial charge in [-0.25, -0.2) is 0 Å². The number of allylic oxidation sites excluding steroid dienone is 2. The van der Waals surface area contributed by atoms with Gasteiger partial charge in [-0.05, 0) is 13.8 Å². The minimum atomic E-state index is 1.27. The molecule has 56 valence electrons. The van der Waals surface area contributed by atoms with Crippen LogP contribution in [0, 0.1) is 0 Å². The maximum atomic E-state index is 2.20. The van der Waals surface area contributed by atoms with Crippen LogP contribution < -0.4 is 0 Å². The summed E-state index contributed by atoms with van der Waals surface area (Å²) in [7, 11) is 0. The van der Waals surface area contributed by atoms with E-state index in [1.54, 1.807) is 0 Å². The number of thioether (sulfide) groups is 2. The second kappa shape index (κ2) is 4.14. The van der Waals surface area contributed by atoms with Crippen LogP contribution in [0.15, 0.2) is 22.0 Å². The van der Waals surface area contributed by atoms with Crippen LogP contribution in [0.3, 0.4) is 0 Å². The molecule has 0 N–H and O–H groups in total. The third kappa shape index (κ3) is 1.83. The summed E-state index contributed by atoms with van der Waals surface area (Å²) in [5.41, 5.74) is 0. The molecule has 0 atom stereocenters. The van der Waals surface area contributed by atoms with E-state index in [9.17, 15) is 0 Å². The summed E-state index contributed by atoms with van der Waals surface area (Å²) in [6, 6.07) is 0. The first-order valence-corrected chi connectivity index (χ1v) is 5.44. The van der Waals surface area contributed by atoms with Crippen LogP contribution in [0.2, 0.25) is 0 Å². The van der Waals surface area contributed by atoms with E-state index in [1.807, 2.05) is 23.5 Å². The topological polar surface area (TPSA) is 0 Å². The Balaban J connectivity index is 2.69. The largest absolute Gasteiger partial charge is 0.124 e. The molecule has 1 rings (SSSR count). The van der Waals surface area contributed by atoms with Gasteiger partial charge in [0.25, 0.3) is 0 Å². The first-order chi connectivity index (χ1) is 4.88. The highest BCUT2D eigenvalue weighted by Crippen LogP contribution is 2.37. The summed E-state index contributed by atoms with van der Waals surface area (Å²) in [5, 5.41) is 0. The molecule has 2 heteroatoms. The highest BCUT2D eigenvalue weighted by Gasteiger charge is 2.09. The quantitative estimate of drug-likeness (QED) is 0.550. The second-order valence-corrected chi connectivity index (χ2v) is 4.28. The molecule has 0 aromatic carbocycles. The molecular formula is C8H12S2. The molecular weight excluding hydrogens is 160 g/mol. The van der Waals surface area contributed by atoms with Crippen LogP contribution in [0.1, 0.15) is 13.8 Å². The Labute approximate surface area is 71.2 Å². The van der Waals surface area contributed by atoms with Crippen molar-refractivity contribution in [2.75, 3.05) is 11.5 Å². The SMILES string of the molecule is CC=C1SCCSC1=CC. The Morgan fingerprint density at radius 1 is 1.00 bits per heavy atom. The average molecular weight is 172 g/mol. The lowest BCUT2D eigenvalue weighted by molar-refractivity contribution is 1.51. The summed E-state index contributed by atoms with van der Waals surface area (Å²) in [4.78, 5) is 2.91. The van der Waals surface area contributed by atoms with Gasteiger partial charge in [0.05, 0.1) is 0 Å². The highest BCUT2D eigenvalue weighted by molar-refractivity contribution is 8.11. The molecule has 1 aliphatic rings. The summed E-state index contributed by atoms with van der Waals surface area (Å²) in [5.74, 6) is 2.53. The Kier molecular flexibility index (Phi) is 3.43. The molecule has 1 aliphatic heterocycles. The van der Waals surface area contributed by atoms with E-state index in [-0.39, 0.29) is 0 Å². The Hall–Kier alpha value is 0.180. The van der Waals surface area contributed by atoms with E-state index in [4.69, 9.17) is 0 Å². The Bertz CT molecular complexity index is 148. The molecule has 0 saturated carbocycles. The van der Waals surface area contributed by atoms with Gasteiger partial charge >= 0.3 is 0 Å². The molecule has 0 spiro atoms. The van der Waals surface area contributed by atoms with Gasteiger partial charge in [0.15, 0.2) is 0 Å². The van der Waals surface area contributed by atoms with E-state index in [0.29, 0.717) is 0 Å². The van der Waals surface area contributed by atoms with Crippen LogP contribution in [0.25, 0.3) is 0 Å². The fourth-order valence-electron chi connectivity index (χ4n) is 0.897. The van der Waals surface area contributed by atoms with E-state index < -0.39 is 0 Å². The fourth-order valence-corrected chi connectivity index (χ4v) is 3.21. The lowest BCUT2D eigenvalue weighted by Gasteiger charge is -2.15. The molecule has 0 aromatic rings. The molecule has 0 unspecified atom stereocenters. The van der Waals surface area contributed by atoms with Gasteiger partial charge in [-0.3, -0.25) is 0 Å². The van der Waals surface area contributed by atoms with Gasteiger partial charge in [-0.2, -0.15) is 0 Å². The number of hydrogen-bond acceptors (Lipinski definition) is 2. The smallest absolute Gasteiger partial charge is 0.0162 e. The van der Waals surface area contributed by atoms with Crippen LogP contribution in [0.4, 0.5) is 0 Å². The molecule has 0 radical (unpaired) electrons. The lowest BCUT2D eigenvalue weighted by Crippen LogP contribution is -1.95. The van der Waals surface area contributed by atoms with E-state index in [0.717, 1.165) is 0 Å². The average Bonchev–Trinajstić information content (AvgIpc) is 2.04. The molecule has 1 saturated heterocycles. The van der Waals surface area contributed by atoms with Gasteiger partial charge in [-0.15, -0.1) is 23.5 Å². The van der Waals surface area contributed by atoms with Gasteiger partial charge in [0, 0.05) is 21.3 Å². The van der Waals surface area contributed by atoms with Gasteiger partial charge in [0.1, 0.15) is 0 Å². The third-order valence-corrected chi connectivity index (χ3v) is 4.10. The zero-order chi connectivity index (χ0) is 7.40. The van der Waals surface area contributed by atoms with Crippen LogP contribution in [0.5, 0.6) is 0 Å². The minimum Gasteiger partial charge on any atom is -0.124 e. The van der Waals surface area contributed by atoms with Crippen molar-refractivity contribution in [3.05, 3.63) is 22.0 Å². The minimum absolute atomic E-state index is 1.27. The van der Waals surface area contributed by atoms with Crippen molar-refractivity contribution in [1.82, 2.24) is 0 Å². The summed E-state index contributed by atoms with van der Waals surface area (Å²) in [6.45, 7) is 4.22. The Morgan fingerprint density at radius 3 is 1.70 bits per heavy atom. The zero-order valence-electron chi connectivity index (χ0n) is 6.39. The van der Waals surface area contributed by atoms with Crippen molar-refractivity contribution >= 4 is 23.5 Å². The van der Waals surface area contributed by atoms with Crippen LogP contribution in [-0.4, -0.2) is 11.5 Å². The molecule has 0 aromatic heterocycles. The summed E-state index contributed by atoms with van der Waals surface area (Å²) in [6.07, 6.45) is 4.40. The van der Waals surface area contributed by atoms with Gasteiger partial charge < -0.3 is 0 Å². The summed E-state index contributed by atoms with van der Waals surface area (Å²) >= 11 is 3.94. The van der Waals surface area contributed by atoms with Crippen molar-refractivity contribution in [3.8, 4) is 0 Å². The molecule has 10 heavy (non-hydrogen) atoms. The number of rotatable bonds is 0. The highest BCUT2D eigenvalue weighted by atomic mass is 32.2. The van der Waals surface area contributed by atoms with Crippen molar-refractivity contribution in [3.63, 3.8) is 0 Å². The predicted molar refractivity (Wildman–Crippen MR) is 52.4 cm³/mol. The normalized spacial score (nSPS) is 27.8. The van der Waals surface area contributed by atoms with E-state index in [1.165, 1.54) is 21.3 Å². The maximum Gasteiger partial charge on any atom is 0.0162 e. The van der Waals surface area contributed by atoms with Gasteiger partial charge in [-0.1, -0.05) is 12.2 Å². The van der Waals surface area contributed by atoms with Crippen molar-refractivity contribution < 1.29 is 0 Å². The third-order valence-electron chi connectivity index (χ3n) is 1.37. The zero-order valence-corrected chi connectivity index (χ0v) is 8.02. The predicted octanol–water partition coefficient (Wildman–Crippen LogP) is 3.27. The van der Waals surface area contributed by atoms with Gasteiger partial charge in [0.2, 0.25) is 0 Å². The molecule has 0 amide bonds. The Morgan fingerprint density at radius 2 is 1.40 bits per heavy atom. The first-order valence-electron chi connectivity index (χ1n) is 3.47. The van der Waals surface area contributed by atoms with E-state index >= 15 is 0 Å². The molecule has 0 nitrogen and oxygen atoms in total. The van der Waals surface area contributed by atoms with Crippen molar-refractivity contribution in [2.45, 2.75) is 13.8 Å². The molecule has 1 fully saturated rings. The van der Waals surface area contributed by atoms with Crippen LogP contribution in [-0.2, 0) is 0 Å². The fraction of sp³-hybridized carbons (Fsp3) is 0.500. The lowest BCUT2D eigenvalue weighted by atomic mass is 10.4. The standard InChI is InChI=1S/C8H12S2/c1-3-7-8(4-2)10-6-5-9-7/h3-4H,5-6H2,1-2H3. The molecule has 0 bridgehead atoms. The second-order valence-electron chi connectivity index (χ2n) is 2.00. The number of hydrogen-bond donors (Lipinski definition) is 0. The maximum absolute atomic E-state index is 2.20. The van der Waals surface area contributed by atoms with E-state index in [2.05, 4.69) is 26.0 Å².